The molecular weight excluding hydrogens is 328 g/mol. The summed E-state index contributed by atoms with van der Waals surface area (Å²) in [5.41, 5.74) is 7.36. The lowest BCUT2D eigenvalue weighted by molar-refractivity contribution is 0.0526. The van der Waals surface area contributed by atoms with Gasteiger partial charge in [-0.05, 0) is 50.2 Å². The van der Waals surface area contributed by atoms with E-state index in [9.17, 15) is 13.2 Å². The van der Waals surface area contributed by atoms with Crippen molar-refractivity contribution in [2.75, 3.05) is 17.6 Å². The van der Waals surface area contributed by atoms with Gasteiger partial charge >= 0.3 is 5.97 Å². The molecule has 2 aromatic rings. The van der Waals surface area contributed by atoms with Crippen molar-refractivity contribution in [3.63, 3.8) is 0 Å². The molecule has 0 saturated carbocycles. The maximum absolute atomic E-state index is 12.8. The number of nitrogens with two attached hydrogens (primary N) is 1. The number of aryl methyl sites for hydroxylation is 1. The third-order valence-corrected chi connectivity index (χ3v) is 5.25. The highest BCUT2D eigenvalue weighted by Crippen LogP contribution is 2.23. The van der Waals surface area contributed by atoms with E-state index in [4.69, 9.17) is 10.5 Å². The number of rotatable bonds is 6. The highest BCUT2D eigenvalue weighted by molar-refractivity contribution is 7.92. The van der Waals surface area contributed by atoms with Crippen LogP contribution in [0, 0.1) is 6.92 Å². The Bertz CT molecular complexity index is 799. The van der Waals surface area contributed by atoms with Crippen LogP contribution in [0.25, 0.3) is 0 Å². The molecule has 0 aliphatic rings. The van der Waals surface area contributed by atoms with Gasteiger partial charge in [-0.3, -0.25) is 4.31 Å². The molecule has 128 valence electrons. The Kier molecular flexibility index (Phi) is 5.58. The fourth-order valence-corrected chi connectivity index (χ4v) is 3.49. The van der Waals surface area contributed by atoms with Crippen molar-refractivity contribution in [1.82, 2.24) is 0 Å². The van der Waals surface area contributed by atoms with E-state index in [0.29, 0.717) is 11.3 Å². The molecule has 6 nitrogen and oxygen atoms in total. The number of esters is 1. The molecule has 0 fully saturated rings. The predicted octanol–water partition coefficient (Wildman–Crippen LogP) is 2.28. The van der Waals surface area contributed by atoms with Gasteiger partial charge in [-0.2, -0.15) is 0 Å². The fourth-order valence-electron chi connectivity index (χ4n) is 2.16. The molecule has 0 aliphatic heterocycles. The molecule has 2 aromatic carbocycles. The summed E-state index contributed by atoms with van der Waals surface area (Å²) in [7, 11) is -3.77. The van der Waals surface area contributed by atoms with Crippen molar-refractivity contribution in [3.8, 4) is 0 Å². The normalized spacial score (nSPS) is 11.1. The van der Waals surface area contributed by atoms with E-state index in [1.807, 2.05) is 6.92 Å². The lowest BCUT2D eigenvalue weighted by Gasteiger charge is -2.22. The Hall–Kier alpha value is -2.38. The number of anilines is 1. The zero-order chi connectivity index (χ0) is 17.7. The Labute approximate surface area is 141 Å². The molecule has 0 saturated heterocycles. The van der Waals surface area contributed by atoms with E-state index in [-0.39, 0.29) is 18.2 Å². The number of carbonyl (C=O) groups is 1. The molecule has 0 bridgehead atoms. The predicted molar refractivity (Wildman–Crippen MR) is 92.3 cm³/mol. The Morgan fingerprint density at radius 3 is 2.17 bits per heavy atom. The third kappa shape index (κ3) is 3.74. The molecule has 0 aliphatic carbocycles. The minimum Gasteiger partial charge on any atom is -0.462 e. The first kappa shape index (κ1) is 18.0. The van der Waals surface area contributed by atoms with E-state index in [1.54, 1.807) is 31.2 Å². The highest BCUT2D eigenvalue weighted by Gasteiger charge is 2.24. The lowest BCUT2D eigenvalue weighted by Crippen LogP contribution is -2.36. The number of sulfonamides is 1. The number of benzene rings is 2. The topological polar surface area (TPSA) is 89.7 Å². The van der Waals surface area contributed by atoms with Gasteiger partial charge in [0.25, 0.3) is 10.0 Å². The van der Waals surface area contributed by atoms with E-state index in [1.165, 1.54) is 24.3 Å². The second-order valence-electron chi connectivity index (χ2n) is 5.12. The van der Waals surface area contributed by atoms with Crippen molar-refractivity contribution >= 4 is 21.7 Å². The van der Waals surface area contributed by atoms with Gasteiger partial charge in [0.15, 0.2) is 0 Å². The van der Waals surface area contributed by atoms with Gasteiger partial charge in [-0.1, -0.05) is 17.7 Å². The van der Waals surface area contributed by atoms with Crippen LogP contribution in [0.1, 0.15) is 22.8 Å². The zero-order valence-electron chi connectivity index (χ0n) is 13.6. The van der Waals surface area contributed by atoms with Crippen LogP contribution < -0.4 is 10.0 Å². The number of hydrogen-bond acceptors (Lipinski definition) is 5. The molecule has 0 spiro atoms. The number of ether oxygens (including phenoxy) is 1. The molecule has 2 N–H and O–H groups in total. The van der Waals surface area contributed by atoms with Crippen LogP contribution in [-0.4, -0.2) is 27.7 Å². The summed E-state index contributed by atoms with van der Waals surface area (Å²) in [5, 5.41) is 0. The van der Waals surface area contributed by atoms with Crippen LogP contribution in [0.4, 0.5) is 5.69 Å². The summed E-state index contributed by atoms with van der Waals surface area (Å²) in [5.74, 6) is -0.454. The fraction of sp³-hybridized carbons (Fsp3) is 0.235. The van der Waals surface area contributed by atoms with Crippen molar-refractivity contribution in [3.05, 3.63) is 59.7 Å². The Morgan fingerprint density at radius 1 is 1.08 bits per heavy atom. The van der Waals surface area contributed by atoms with Gasteiger partial charge in [0, 0.05) is 0 Å². The summed E-state index contributed by atoms with van der Waals surface area (Å²) in [4.78, 5) is 11.8. The van der Waals surface area contributed by atoms with Crippen molar-refractivity contribution < 1.29 is 17.9 Å². The first-order valence-corrected chi connectivity index (χ1v) is 8.90. The van der Waals surface area contributed by atoms with Crippen LogP contribution in [0.15, 0.2) is 53.4 Å². The summed E-state index contributed by atoms with van der Waals surface area (Å²) in [6.45, 7) is 3.66. The lowest BCUT2D eigenvalue weighted by atomic mass is 10.2. The van der Waals surface area contributed by atoms with Crippen molar-refractivity contribution in [2.45, 2.75) is 18.7 Å². The minimum absolute atomic E-state index is 0.160. The molecule has 0 atom stereocenters. The first-order valence-electron chi connectivity index (χ1n) is 7.46. The van der Waals surface area contributed by atoms with Crippen LogP contribution in [0.2, 0.25) is 0 Å². The molecule has 0 amide bonds. The molecule has 24 heavy (non-hydrogen) atoms. The molecule has 2 rings (SSSR count). The molecule has 0 unspecified atom stereocenters. The van der Waals surface area contributed by atoms with E-state index in [0.717, 1.165) is 9.87 Å². The molecule has 0 heterocycles. The van der Waals surface area contributed by atoms with Gasteiger partial charge < -0.3 is 10.5 Å². The number of nitrogens with zero attached hydrogens (tertiary/aromatic N) is 1. The van der Waals surface area contributed by atoms with Crippen molar-refractivity contribution in [2.24, 2.45) is 5.73 Å². The van der Waals surface area contributed by atoms with Gasteiger partial charge in [0.05, 0.1) is 29.4 Å². The summed E-state index contributed by atoms with van der Waals surface area (Å²) in [6, 6.07) is 12.6. The van der Waals surface area contributed by atoms with Gasteiger partial charge in [-0.15, -0.1) is 0 Å². The summed E-state index contributed by atoms with van der Waals surface area (Å²) < 4.78 is 31.5. The highest BCUT2D eigenvalue weighted by atomic mass is 32.2. The molecule has 0 aromatic heterocycles. The van der Waals surface area contributed by atoms with Gasteiger partial charge in [0.1, 0.15) is 0 Å². The van der Waals surface area contributed by atoms with Crippen LogP contribution >= 0.6 is 0 Å². The quantitative estimate of drug-likeness (QED) is 0.639. The smallest absolute Gasteiger partial charge is 0.338 e. The molecular formula is C17H20N2O4S. The van der Waals surface area contributed by atoms with Gasteiger partial charge in [-0.25, -0.2) is 13.2 Å². The summed E-state index contributed by atoms with van der Waals surface area (Å²) in [6.07, 6.45) is 0. The second kappa shape index (κ2) is 7.46. The average Bonchev–Trinajstić information content (AvgIpc) is 2.56. The SMILES string of the molecule is CCOC(=O)c1ccc(N(CN)S(=O)(=O)c2ccc(C)cc2)cc1. The van der Waals surface area contributed by atoms with Crippen LogP contribution in [-0.2, 0) is 14.8 Å². The minimum atomic E-state index is -3.77. The van der Waals surface area contributed by atoms with E-state index < -0.39 is 16.0 Å². The van der Waals surface area contributed by atoms with Crippen LogP contribution in [0.3, 0.4) is 0 Å². The monoisotopic (exact) mass is 348 g/mol. The zero-order valence-corrected chi connectivity index (χ0v) is 14.4. The largest absolute Gasteiger partial charge is 0.462 e. The van der Waals surface area contributed by atoms with E-state index in [2.05, 4.69) is 0 Å². The maximum atomic E-state index is 12.8. The van der Waals surface area contributed by atoms with Crippen molar-refractivity contribution in [1.29, 1.82) is 0 Å². The molecule has 7 heteroatoms. The van der Waals surface area contributed by atoms with E-state index >= 15 is 0 Å². The number of hydrogen-bond donors (Lipinski definition) is 1. The standard InChI is InChI=1S/C17H20N2O4S/c1-3-23-17(20)14-6-8-15(9-7-14)19(12-18)24(21,22)16-10-4-13(2)5-11-16/h4-11H,3,12,18H2,1-2H3. The van der Waals surface area contributed by atoms with Crippen LogP contribution in [0.5, 0.6) is 0 Å². The Balaban J connectivity index is 2.34. The Morgan fingerprint density at radius 2 is 1.67 bits per heavy atom. The summed E-state index contributed by atoms with van der Waals surface area (Å²) >= 11 is 0. The number of carbonyl (C=O) groups excluding carboxylic acids is 1. The van der Waals surface area contributed by atoms with Gasteiger partial charge in [0.2, 0.25) is 0 Å². The molecule has 0 radical (unpaired) electrons. The third-order valence-electron chi connectivity index (χ3n) is 3.44. The average molecular weight is 348 g/mol. The first-order chi connectivity index (χ1) is 11.4. The second-order valence-corrected chi connectivity index (χ2v) is 6.98. The maximum Gasteiger partial charge on any atom is 0.338 e.